The molecule has 0 fully saturated rings. The number of anilines is 1. The second-order valence-electron chi connectivity index (χ2n) is 5.65. The summed E-state index contributed by atoms with van der Waals surface area (Å²) in [6.07, 6.45) is 6.12. The molecule has 2 aromatic carbocycles. The van der Waals surface area contributed by atoms with Gasteiger partial charge in [0.05, 0.1) is 16.9 Å². The quantitative estimate of drug-likeness (QED) is 0.556. The molecule has 0 unspecified atom stereocenters. The lowest BCUT2D eigenvalue weighted by atomic mass is 10.0. The number of para-hydroxylation sites is 1. The molecular formula is C20H16N3O4-. The maximum Gasteiger partial charge on any atom is 0.337 e. The van der Waals surface area contributed by atoms with Crippen LogP contribution in [0.1, 0.15) is 15.9 Å². The van der Waals surface area contributed by atoms with Crippen LogP contribution in [0.2, 0.25) is 0 Å². The van der Waals surface area contributed by atoms with Crippen LogP contribution in [-0.4, -0.2) is 21.7 Å². The minimum atomic E-state index is -1.04. The molecule has 2 aromatic rings. The monoisotopic (exact) mass is 362 g/mol. The van der Waals surface area contributed by atoms with Crippen molar-refractivity contribution in [3.8, 4) is 0 Å². The number of allylic oxidation sites excluding steroid dienone is 5. The van der Waals surface area contributed by atoms with Gasteiger partial charge in [0.15, 0.2) is 0 Å². The highest BCUT2D eigenvalue weighted by molar-refractivity contribution is 6.03. The molecule has 0 heterocycles. The molecule has 0 radical (unpaired) electrons. The summed E-state index contributed by atoms with van der Waals surface area (Å²) in [7, 11) is 0. The normalized spacial score (nSPS) is 12.6. The first-order valence-electron chi connectivity index (χ1n) is 8.08. The minimum absolute atomic E-state index is 0.00431. The van der Waals surface area contributed by atoms with Crippen molar-refractivity contribution in [1.82, 2.24) is 5.43 Å². The molecule has 0 spiro atoms. The van der Waals surface area contributed by atoms with Crippen molar-refractivity contribution in [3.63, 3.8) is 0 Å². The van der Waals surface area contributed by atoms with Crippen LogP contribution in [0.25, 0.3) is 5.70 Å². The van der Waals surface area contributed by atoms with E-state index in [0.29, 0.717) is 17.0 Å². The first-order chi connectivity index (χ1) is 13.1. The van der Waals surface area contributed by atoms with E-state index in [1.54, 1.807) is 30.4 Å². The van der Waals surface area contributed by atoms with Gasteiger partial charge in [-0.3, -0.25) is 10.9 Å². The number of carboxylic acids is 1. The number of carboxylic acid groups (broad SMARTS) is 1. The third-order valence-electron chi connectivity index (χ3n) is 3.91. The van der Waals surface area contributed by atoms with E-state index in [1.165, 1.54) is 18.2 Å². The van der Waals surface area contributed by atoms with Gasteiger partial charge in [0.1, 0.15) is 0 Å². The Bertz CT molecular complexity index is 954. The minimum Gasteiger partial charge on any atom is -0.612 e. The predicted molar refractivity (Wildman–Crippen MR) is 104 cm³/mol. The van der Waals surface area contributed by atoms with Gasteiger partial charge in [-0.25, -0.2) is 4.79 Å². The van der Waals surface area contributed by atoms with Gasteiger partial charge in [-0.05, 0) is 29.8 Å². The van der Waals surface area contributed by atoms with Crippen LogP contribution in [0, 0.1) is 10.4 Å². The second-order valence-corrected chi connectivity index (χ2v) is 5.65. The molecule has 0 atom stereocenters. The summed E-state index contributed by atoms with van der Waals surface area (Å²) in [6.45, 7) is 0. The lowest BCUT2D eigenvalue weighted by Crippen LogP contribution is -2.23. The van der Waals surface area contributed by atoms with Crippen molar-refractivity contribution in [2.24, 2.45) is 0 Å². The molecule has 0 saturated carbocycles. The van der Waals surface area contributed by atoms with Gasteiger partial charge in [0.2, 0.25) is 5.71 Å². The highest BCUT2D eigenvalue weighted by atomic mass is 16.8. The smallest absolute Gasteiger partial charge is 0.337 e. The van der Waals surface area contributed by atoms with Crippen LogP contribution >= 0.6 is 0 Å². The fourth-order valence-corrected chi connectivity index (χ4v) is 2.57. The Morgan fingerprint density at radius 2 is 1.52 bits per heavy atom. The van der Waals surface area contributed by atoms with Crippen molar-refractivity contribution in [3.05, 3.63) is 106 Å². The Morgan fingerprint density at radius 3 is 2.15 bits per heavy atom. The zero-order chi connectivity index (χ0) is 19.2. The summed E-state index contributed by atoms with van der Waals surface area (Å²) in [5.41, 5.74) is 8.71. The Morgan fingerprint density at radius 1 is 0.889 bits per heavy atom. The number of hydrogen-bond donors (Lipinski definition) is 3. The number of hydrazine groups is 1. The van der Waals surface area contributed by atoms with E-state index < -0.39 is 10.9 Å². The number of aromatic carboxylic acids is 1. The summed E-state index contributed by atoms with van der Waals surface area (Å²) in [4.78, 5) is 10.9. The molecular weight excluding hydrogens is 346 g/mol. The van der Waals surface area contributed by atoms with Gasteiger partial charge in [-0.2, -0.15) is 4.90 Å². The Kier molecular flexibility index (Phi) is 5.22. The molecule has 0 aliphatic heterocycles. The van der Waals surface area contributed by atoms with Crippen LogP contribution in [0.4, 0.5) is 5.69 Å². The molecule has 1 aliphatic carbocycles. The van der Waals surface area contributed by atoms with Crippen LogP contribution in [0.15, 0.2) is 84.5 Å². The maximum absolute atomic E-state index is 11.4. The molecule has 7 nitrogen and oxygen atoms in total. The number of hydrogen-bond acceptors (Lipinski definition) is 5. The number of rotatable bonds is 5. The zero-order valence-corrected chi connectivity index (χ0v) is 14.1. The van der Waals surface area contributed by atoms with E-state index in [1.807, 2.05) is 30.3 Å². The Hall–Kier alpha value is -4.00. The second kappa shape index (κ2) is 7.92. The summed E-state index contributed by atoms with van der Waals surface area (Å²) in [5.74, 6) is -1.04. The summed E-state index contributed by atoms with van der Waals surface area (Å²) < 4.78 is 0. The molecule has 0 saturated heterocycles. The molecule has 0 bridgehead atoms. The van der Waals surface area contributed by atoms with E-state index in [-0.39, 0.29) is 11.3 Å². The van der Waals surface area contributed by atoms with E-state index in [2.05, 4.69) is 10.9 Å². The topological polar surface area (TPSA) is 110 Å². The van der Waals surface area contributed by atoms with Crippen molar-refractivity contribution in [2.75, 3.05) is 5.43 Å². The molecule has 27 heavy (non-hydrogen) atoms. The molecule has 7 heteroatoms. The zero-order valence-electron chi connectivity index (χ0n) is 14.1. The number of carbonyl (C=O) groups is 1. The van der Waals surface area contributed by atoms with Gasteiger partial charge in [0.25, 0.3) is 0 Å². The van der Waals surface area contributed by atoms with Crippen molar-refractivity contribution < 1.29 is 14.8 Å². The molecule has 3 N–H and O–H groups in total. The molecule has 0 amide bonds. The van der Waals surface area contributed by atoms with Gasteiger partial charge < -0.3 is 15.5 Å². The molecule has 1 aliphatic rings. The fourth-order valence-electron chi connectivity index (χ4n) is 2.57. The van der Waals surface area contributed by atoms with E-state index in [0.717, 1.165) is 5.56 Å². The van der Waals surface area contributed by atoms with E-state index in [4.69, 9.17) is 0 Å². The van der Waals surface area contributed by atoms with Crippen LogP contribution in [0.3, 0.4) is 0 Å². The maximum atomic E-state index is 11.4. The average Bonchev–Trinajstić information content (AvgIpc) is 2.69. The predicted octanol–water partition coefficient (Wildman–Crippen LogP) is 3.29. The number of benzene rings is 2. The first kappa shape index (κ1) is 17.8. The standard InChI is InChI=1S/C20H16N3O4/c24-20(25)17-8-4-5-9-18(17)21-22-19(14-6-2-1-3-7-14)15-10-12-16(13-11-15)23(26)27/h1-13,21-22H,(H-,24,25,26,27)/q-1. The Labute approximate surface area is 155 Å². The van der Waals surface area contributed by atoms with E-state index >= 15 is 0 Å². The summed E-state index contributed by atoms with van der Waals surface area (Å²) in [5, 5.41) is 31.1. The molecule has 136 valence electrons. The number of nitrogens with one attached hydrogen (secondary N) is 2. The number of nitrogens with zero attached hydrogens (tertiary/aromatic N) is 1. The van der Waals surface area contributed by atoms with Crippen LogP contribution in [0.5, 0.6) is 0 Å². The van der Waals surface area contributed by atoms with Crippen LogP contribution < -0.4 is 10.9 Å². The van der Waals surface area contributed by atoms with Gasteiger partial charge in [-0.15, -0.1) is 0 Å². The van der Waals surface area contributed by atoms with Gasteiger partial charge in [0, 0.05) is 17.7 Å². The average molecular weight is 362 g/mol. The lowest BCUT2D eigenvalue weighted by Gasteiger charge is -2.18. The Balaban J connectivity index is 1.95. The van der Waals surface area contributed by atoms with Crippen LogP contribution in [-0.2, 0) is 0 Å². The highest BCUT2D eigenvalue weighted by Crippen LogP contribution is 2.22. The van der Waals surface area contributed by atoms with Gasteiger partial charge >= 0.3 is 5.97 Å². The fraction of sp³-hybridized carbons (Fsp3) is 0. The molecule has 0 aromatic heterocycles. The summed E-state index contributed by atoms with van der Waals surface area (Å²) in [6, 6.07) is 15.9. The largest absolute Gasteiger partial charge is 0.612 e. The van der Waals surface area contributed by atoms with E-state index in [9.17, 15) is 20.3 Å². The van der Waals surface area contributed by atoms with Crippen molar-refractivity contribution in [1.29, 1.82) is 0 Å². The van der Waals surface area contributed by atoms with Crippen molar-refractivity contribution in [2.45, 2.75) is 0 Å². The lowest BCUT2D eigenvalue weighted by molar-refractivity contribution is -0.377. The first-order valence-corrected chi connectivity index (χ1v) is 8.08. The van der Waals surface area contributed by atoms with Crippen molar-refractivity contribution >= 4 is 23.1 Å². The SMILES string of the molecule is O=C(O)c1ccccc1NNC(=C1C=CC(=[N+]([O-])[O-])C=C1)c1ccccc1. The third-order valence-corrected chi connectivity index (χ3v) is 3.91. The molecule has 3 rings (SSSR count). The highest BCUT2D eigenvalue weighted by Gasteiger charge is 2.12. The van der Waals surface area contributed by atoms with Gasteiger partial charge in [-0.1, -0.05) is 42.5 Å². The third kappa shape index (κ3) is 4.16. The summed E-state index contributed by atoms with van der Waals surface area (Å²) >= 11 is 0.